The van der Waals surface area contributed by atoms with E-state index in [0.29, 0.717) is 6.61 Å². The van der Waals surface area contributed by atoms with E-state index in [0.717, 1.165) is 18.4 Å². The Hall–Kier alpha value is -0.580. The second kappa shape index (κ2) is 6.38. The third kappa shape index (κ3) is 4.30. The fraction of sp³-hybridized carbons (Fsp3) is 0.500. The first-order valence-electron chi connectivity index (χ1n) is 5.65. The summed E-state index contributed by atoms with van der Waals surface area (Å²) in [6.07, 6.45) is 1.96. The van der Waals surface area contributed by atoms with Crippen LogP contribution < -0.4 is 0 Å². The number of rotatable bonds is 6. The summed E-state index contributed by atoms with van der Waals surface area (Å²) in [5.41, 5.74) is 0.984. The molecule has 0 amide bonds. The molecule has 0 fully saturated rings. The molecule has 1 rings (SSSR count). The van der Waals surface area contributed by atoms with Gasteiger partial charge in [-0.2, -0.15) is 0 Å². The van der Waals surface area contributed by atoms with E-state index in [4.69, 9.17) is 15.4 Å². The predicted molar refractivity (Wildman–Crippen MR) is 68.8 cm³/mol. The van der Waals surface area contributed by atoms with Gasteiger partial charge in [-0.05, 0) is 31.0 Å². The van der Waals surface area contributed by atoms with Gasteiger partial charge in [-0.25, -0.2) is 8.42 Å². The molecule has 3 nitrogen and oxygen atoms in total. The van der Waals surface area contributed by atoms with Crippen LogP contribution in [0.4, 0.5) is 0 Å². The van der Waals surface area contributed by atoms with Crippen LogP contribution in [0.3, 0.4) is 0 Å². The highest BCUT2D eigenvalue weighted by Gasteiger charge is 2.13. The van der Waals surface area contributed by atoms with Crippen molar-refractivity contribution in [1.82, 2.24) is 0 Å². The zero-order chi connectivity index (χ0) is 12.9. The zero-order valence-corrected chi connectivity index (χ0v) is 11.6. The van der Waals surface area contributed by atoms with Gasteiger partial charge in [-0.15, -0.1) is 0 Å². The number of benzene rings is 1. The smallest absolute Gasteiger partial charge is 0.261 e. The molecule has 0 radical (unpaired) electrons. The molecular weight excluding hydrogens is 260 g/mol. The van der Waals surface area contributed by atoms with Crippen molar-refractivity contribution in [3.8, 4) is 0 Å². The number of halogens is 1. The van der Waals surface area contributed by atoms with E-state index in [9.17, 15) is 8.42 Å². The Kier molecular flexibility index (Phi) is 5.43. The van der Waals surface area contributed by atoms with E-state index in [1.54, 1.807) is 12.1 Å². The third-order valence-electron chi connectivity index (χ3n) is 2.45. The molecule has 0 heterocycles. The van der Waals surface area contributed by atoms with Crippen molar-refractivity contribution in [2.24, 2.45) is 0 Å². The van der Waals surface area contributed by atoms with Crippen molar-refractivity contribution < 1.29 is 13.2 Å². The van der Waals surface area contributed by atoms with Crippen LogP contribution in [0.1, 0.15) is 38.4 Å². The molecule has 5 heteroatoms. The molecule has 0 aliphatic rings. The van der Waals surface area contributed by atoms with Crippen molar-refractivity contribution in [3.05, 3.63) is 29.8 Å². The fourth-order valence-electron chi connectivity index (χ4n) is 1.65. The van der Waals surface area contributed by atoms with E-state index in [1.807, 2.05) is 6.92 Å². The molecule has 1 aromatic rings. The lowest BCUT2D eigenvalue weighted by molar-refractivity contribution is 0.0556. The Morgan fingerprint density at radius 2 is 1.82 bits per heavy atom. The van der Waals surface area contributed by atoms with Crippen molar-refractivity contribution in [2.45, 2.75) is 37.7 Å². The minimum Gasteiger partial charge on any atom is -0.374 e. The Morgan fingerprint density at radius 1 is 1.24 bits per heavy atom. The quantitative estimate of drug-likeness (QED) is 0.747. The summed E-state index contributed by atoms with van der Waals surface area (Å²) in [5.74, 6) is 0. The predicted octanol–water partition coefficient (Wildman–Crippen LogP) is 3.49. The lowest BCUT2D eigenvalue weighted by Gasteiger charge is -2.16. The molecule has 0 aromatic heterocycles. The van der Waals surface area contributed by atoms with Crippen molar-refractivity contribution >= 4 is 19.7 Å². The Morgan fingerprint density at radius 3 is 2.24 bits per heavy atom. The SMILES string of the molecule is CCC[C@H](OCC)c1ccc(S(=O)(=O)Cl)cc1. The Labute approximate surface area is 107 Å². The van der Waals surface area contributed by atoms with Gasteiger partial charge in [0.05, 0.1) is 11.0 Å². The van der Waals surface area contributed by atoms with Gasteiger partial charge in [0, 0.05) is 17.3 Å². The molecule has 96 valence electrons. The first-order chi connectivity index (χ1) is 7.99. The fourth-order valence-corrected chi connectivity index (χ4v) is 2.42. The lowest BCUT2D eigenvalue weighted by Crippen LogP contribution is -2.04. The van der Waals surface area contributed by atoms with E-state index >= 15 is 0 Å². The minimum atomic E-state index is -3.64. The van der Waals surface area contributed by atoms with Crippen LogP contribution in [0.2, 0.25) is 0 Å². The topological polar surface area (TPSA) is 43.4 Å². The average Bonchev–Trinajstić information content (AvgIpc) is 2.28. The first kappa shape index (κ1) is 14.5. The maximum atomic E-state index is 11.1. The normalized spacial score (nSPS) is 13.6. The molecule has 0 saturated heterocycles. The van der Waals surface area contributed by atoms with Crippen molar-refractivity contribution in [2.75, 3.05) is 6.61 Å². The number of hydrogen-bond donors (Lipinski definition) is 0. The summed E-state index contributed by atoms with van der Waals surface area (Å²) >= 11 is 0. The maximum Gasteiger partial charge on any atom is 0.261 e. The molecule has 0 saturated carbocycles. The van der Waals surface area contributed by atoms with E-state index in [2.05, 4.69) is 6.92 Å². The van der Waals surface area contributed by atoms with Gasteiger partial charge in [0.15, 0.2) is 0 Å². The highest BCUT2D eigenvalue weighted by atomic mass is 35.7. The average molecular weight is 277 g/mol. The second-order valence-corrected chi connectivity index (χ2v) is 6.31. The largest absolute Gasteiger partial charge is 0.374 e. The molecule has 0 unspecified atom stereocenters. The molecule has 17 heavy (non-hydrogen) atoms. The van der Waals surface area contributed by atoms with Crippen LogP contribution in [0.15, 0.2) is 29.2 Å². The summed E-state index contributed by atoms with van der Waals surface area (Å²) in [6.45, 7) is 4.67. The van der Waals surface area contributed by atoms with Gasteiger partial charge in [0.25, 0.3) is 9.05 Å². The Balaban J connectivity index is 2.91. The van der Waals surface area contributed by atoms with E-state index < -0.39 is 9.05 Å². The highest BCUT2D eigenvalue weighted by molar-refractivity contribution is 8.13. The molecular formula is C12H17ClO3S. The summed E-state index contributed by atoms with van der Waals surface area (Å²) in [7, 11) is 1.62. The second-order valence-electron chi connectivity index (χ2n) is 3.74. The summed E-state index contributed by atoms with van der Waals surface area (Å²) in [5, 5.41) is 0. The van der Waals surface area contributed by atoms with Crippen LogP contribution in [0.25, 0.3) is 0 Å². The molecule has 0 aliphatic heterocycles. The van der Waals surface area contributed by atoms with Gasteiger partial charge in [0.2, 0.25) is 0 Å². The summed E-state index contributed by atoms with van der Waals surface area (Å²) in [6, 6.07) is 6.54. The number of ether oxygens (including phenoxy) is 1. The zero-order valence-electron chi connectivity index (χ0n) is 10.0. The van der Waals surface area contributed by atoms with Crippen LogP contribution in [-0.4, -0.2) is 15.0 Å². The van der Waals surface area contributed by atoms with Crippen molar-refractivity contribution in [3.63, 3.8) is 0 Å². The molecule has 0 aliphatic carbocycles. The van der Waals surface area contributed by atoms with E-state index in [1.165, 1.54) is 12.1 Å². The lowest BCUT2D eigenvalue weighted by atomic mass is 10.1. The van der Waals surface area contributed by atoms with Gasteiger partial charge in [-0.3, -0.25) is 0 Å². The first-order valence-corrected chi connectivity index (χ1v) is 7.96. The summed E-state index contributed by atoms with van der Waals surface area (Å²) < 4.78 is 27.8. The minimum absolute atomic E-state index is 0.0251. The molecule has 1 atom stereocenters. The van der Waals surface area contributed by atoms with Crippen LogP contribution >= 0.6 is 10.7 Å². The standard InChI is InChI=1S/C12H17ClO3S/c1-3-5-12(16-4-2)10-6-8-11(9-7-10)17(13,14)15/h6-9,12H,3-5H2,1-2H3/t12-/m0/s1. The van der Waals surface area contributed by atoms with Crippen LogP contribution in [-0.2, 0) is 13.8 Å². The van der Waals surface area contributed by atoms with Gasteiger partial charge < -0.3 is 4.74 Å². The Bertz CT molecular complexity index is 433. The molecule has 0 N–H and O–H groups in total. The number of hydrogen-bond acceptors (Lipinski definition) is 3. The third-order valence-corrected chi connectivity index (χ3v) is 3.82. The van der Waals surface area contributed by atoms with Gasteiger partial charge >= 0.3 is 0 Å². The summed E-state index contributed by atoms with van der Waals surface area (Å²) in [4.78, 5) is 0.120. The molecule has 0 spiro atoms. The molecule has 1 aromatic carbocycles. The van der Waals surface area contributed by atoms with Crippen molar-refractivity contribution in [1.29, 1.82) is 0 Å². The molecule has 0 bridgehead atoms. The maximum absolute atomic E-state index is 11.1. The van der Waals surface area contributed by atoms with Crippen LogP contribution in [0.5, 0.6) is 0 Å². The van der Waals surface area contributed by atoms with Crippen LogP contribution in [0, 0.1) is 0 Å². The van der Waals surface area contributed by atoms with Gasteiger partial charge in [-0.1, -0.05) is 25.5 Å². The highest BCUT2D eigenvalue weighted by Crippen LogP contribution is 2.24. The van der Waals surface area contributed by atoms with Gasteiger partial charge in [0.1, 0.15) is 0 Å². The monoisotopic (exact) mass is 276 g/mol. The van der Waals surface area contributed by atoms with E-state index in [-0.39, 0.29) is 11.0 Å².